The van der Waals surface area contributed by atoms with E-state index in [9.17, 15) is 4.39 Å². The molecule has 0 fully saturated rings. The molecule has 0 spiro atoms. The molecule has 1 aliphatic rings. The number of hydrogen-bond donors (Lipinski definition) is 2. The highest BCUT2D eigenvalue weighted by Crippen LogP contribution is 2.42. The van der Waals surface area contributed by atoms with Crippen molar-refractivity contribution in [3.05, 3.63) is 65.0 Å². The average Bonchev–Trinajstić information content (AvgIpc) is 2.49. The third kappa shape index (κ3) is 2.52. The van der Waals surface area contributed by atoms with Crippen molar-refractivity contribution < 1.29 is 9.13 Å². The standard InChI is InChI=1S/C17H19FN2O/c1-21-16-8-4-7-14(18)17(16)15(20-19)10-12-9-11-5-2-3-6-13(11)12/h2-8,12,15,20H,9-10,19H2,1H3. The maximum absolute atomic E-state index is 14.2. The van der Waals surface area contributed by atoms with Gasteiger partial charge in [-0.25, -0.2) is 4.39 Å². The molecule has 2 atom stereocenters. The van der Waals surface area contributed by atoms with Gasteiger partial charge in [-0.1, -0.05) is 30.3 Å². The Morgan fingerprint density at radius 2 is 2.10 bits per heavy atom. The molecule has 0 heterocycles. The molecule has 3 N–H and O–H groups in total. The van der Waals surface area contributed by atoms with E-state index in [0.29, 0.717) is 17.2 Å². The van der Waals surface area contributed by atoms with Crippen molar-refractivity contribution in [3.8, 4) is 5.75 Å². The Bertz CT molecular complexity index is 644. The molecule has 3 rings (SSSR count). The smallest absolute Gasteiger partial charge is 0.131 e. The minimum Gasteiger partial charge on any atom is -0.496 e. The zero-order chi connectivity index (χ0) is 14.8. The van der Waals surface area contributed by atoms with Gasteiger partial charge in [0.1, 0.15) is 11.6 Å². The predicted molar refractivity (Wildman–Crippen MR) is 80.5 cm³/mol. The van der Waals surface area contributed by atoms with E-state index in [0.717, 1.165) is 12.8 Å². The molecule has 0 saturated heterocycles. The van der Waals surface area contributed by atoms with Gasteiger partial charge in [-0.05, 0) is 42.0 Å². The summed E-state index contributed by atoms with van der Waals surface area (Å²) in [5.41, 5.74) is 5.96. The number of hydrazine groups is 1. The molecule has 21 heavy (non-hydrogen) atoms. The van der Waals surface area contributed by atoms with E-state index in [1.807, 2.05) is 12.1 Å². The molecule has 0 amide bonds. The summed E-state index contributed by atoms with van der Waals surface area (Å²) in [6.07, 6.45) is 1.77. The summed E-state index contributed by atoms with van der Waals surface area (Å²) in [5.74, 6) is 6.33. The molecule has 110 valence electrons. The quantitative estimate of drug-likeness (QED) is 0.656. The van der Waals surface area contributed by atoms with Gasteiger partial charge >= 0.3 is 0 Å². The first kappa shape index (κ1) is 14.0. The van der Waals surface area contributed by atoms with Gasteiger partial charge in [-0.3, -0.25) is 11.3 Å². The van der Waals surface area contributed by atoms with Crippen LogP contribution in [0.2, 0.25) is 0 Å². The number of benzene rings is 2. The van der Waals surface area contributed by atoms with Crippen LogP contribution in [0.15, 0.2) is 42.5 Å². The fourth-order valence-electron chi connectivity index (χ4n) is 3.16. The Morgan fingerprint density at radius 3 is 2.81 bits per heavy atom. The minimum atomic E-state index is -0.287. The Balaban J connectivity index is 1.84. The van der Waals surface area contributed by atoms with Crippen molar-refractivity contribution in [2.75, 3.05) is 7.11 Å². The number of ether oxygens (including phenoxy) is 1. The summed E-state index contributed by atoms with van der Waals surface area (Å²) in [5, 5.41) is 0. The van der Waals surface area contributed by atoms with Gasteiger partial charge in [0.05, 0.1) is 13.2 Å². The molecule has 0 radical (unpaired) electrons. The summed E-state index contributed by atoms with van der Waals surface area (Å²) < 4.78 is 19.4. The molecular weight excluding hydrogens is 267 g/mol. The van der Waals surface area contributed by atoms with Gasteiger partial charge in [-0.2, -0.15) is 0 Å². The lowest BCUT2D eigenvalue weighted by Gasteiger charge is -2.33. The molecule has 0 bridgehead atoms. The molecule has 2 aromatic rings. The first-order chi connectivity index (χ1) is 10.2. The van der Waals surface area contributed by atoms with Crippen molar-refractivity contribution >= 4 is 0 Å². The molecule has 2 unspecified atom stereocenters. The fourth-order valence-corrected chi connectivity index (χ4v) is 3.16. The summed E-state index contributed by atoms with van der Waals surface area (Å²) in [7, 11) is 1.55. The summed E-state index contributed by atoms with van der Waals surface area (Å²) >= 11 is 0. The third-order valence-corrected chi connectivity index (χ3v) is 4.26. The largest absolute Gasteiger partial charge is 0.496 e. The average molecular weight is 286 g/mol. The number of nitrogens with two attached hydrogens (primary N) is 1. The number of fused-ring (bicyclic) bond motifs is 1. The first-order valence-corrected chi connectivity index (χ1v) is 7.11. The number of methoxy groups -OCH3 is 1. The lowest BCUT2D eigenvalue weighted by atomic mass is 9.74. The summed E-state index contributed by atoms with van der Waals surface area (Å²) in [4.78, 5) is 0. The molecule has 1 aliphatic carbocycles. The third-order valence-electron chi connectivity index (χ3n) is 4.26. The zero-order valence-corrected chi connectivity index (χ0v) is 12.0. The lowest BCUT2D eigenvalue weighted by molar-refractivity contribution is 0.372. The normalized spacial score (nSPS) is 17.8. The van der Waals surface area contributed by atoms with Crippen molar-refractivity contribution in [3.63, 3.8) is 0 Å². The molecule has 3 nitrogen and oxygen atoms in total. The van der Waals surface area contributed by atoms with Crippen LogP contribution in [0.3, 0.4) is 0 Å². The highest BCUT2D eigenvalue weighted by Gasteiger charge is 2.30. The summed E-state index contributed by atoms with van der Waals surface area (Å²) in [6, 6.07) is 12.9. The van der Waals surface area contributed by atoms with Crippen LogP contribution in [-0.4, -0.2) is 7.11 Å². The Labute approximate surface area is 123 Å². The van der Waals surface area contributed by atoms with E-state index < -0.39 is 0 Å². The van der Waals surface area contributed by atoms with Crippen LogP contribution >= 0.6 is 0 Å². The zero-order valence-electron chi connectivity index (χ0n) is 12.0. The van der Waals surface area contributed by atoms with Gasteiger partial charge in [0.15, 0.2) is 0 Å². The Morgan fingerprint density at radius 1 is 1.29 bits per heavy atom. The number of rotatable bonds is 5. The second-order valence-electron chi connectivity index (χ2n) is 5.41. The second-order valence-corrected chi connectivity index (χ2v) is 5.41. The molecule has 0 aromatic heterocycles. The predicted octanol–water partition coefficient (Wildman–Crippen LogP) is 3.07. The second kappa shape index (κ2) is 5.84. The fraction of sp³-hybridized carbons (Fsp3) is 0.294. The monoisotopic (exact) mass is 286 g/mol. The first-order valence-electron chi connectivity index (χ1n) is 7.11. The van der Waals surface area contributed by atoms with Gasteiger partial charge in [0.25, 0.3) is 0 Å². The van der Waals surface area contributed by atoms with Crippen LogP contribution < -0.4 is 16.0 Å². The highest BCUT2D eigenvalue weighted by molar-refractivity contribution is 5.42. The van der Waals surface area contributed by atoms with Gasteiger partial charge in [-0.15, -0.1) is 0 Å². The number of halogens is 1. The Hall–Kier alpha value is -1.91. The van der Waals surface area contributed by atoms with Crippen molar-refractivity contribution in [2.45, 2.75) is 24.8 Å². The van der Waals surface area contributed by atoms with Gasteiger partial charge in [0, 0.05) is 5.56 Å². The number of nitrogens with one attached hydrogen (secondary N) is 1. The van der Waals surface area contributed by atoms with Crippen LogP contribution in [-0.2, 0) is 6.42 Å². The minimum absolute atomic E-state index is 0.264. The van der Waals surface area contributed by atoms with E-state index in [4.69, 9.17) is 10.6 Å². The molecule has 0 aliphatic heterocycles. The van der Waals surface area contributed by atoms with E-state index in [-0.39, 0.29) is 11.9 Å². The van der Waals surface area contributed by atoms with Crippen LogP contribution in [0.1, 0.15) is 35.1 Å². The maximum Gasteiger partial charge on any atom is 0.131 e. The topological polar surface area (TPSA) is 47.3 Å². The Kier molecular flexibility index (Phi) is 3.90. The van der Waals surface area contributed by atoms with E-state index in [1.54, 1.807) is 19.2 Å². The maximum atomic E-state index is 14.2. The van der Waals surface area contributed by atoms with Crippen LogP contribution in [0.25, 0.3) is 0 Å². The molecular formula is C17H19FN2O. The van der Waals surface area contributed by atoms with Crippen molar-refractivity contribution in [1.29, 1.82) is 0 Å². The van der Waals surface area contributed by atoms with Gasteiger partial charge in [0.2, 0.25) is 0 Å². The molecule has 4 heteroatoms. The SMILES string of the molecule is COc1cccc(F)c1C(CC1Cc2ccccc21)NN. The van der Waals surface area contributed by atoms with E-state index in [1.165, 1.54) is 17.2 Å². The lowest BCUT2D eigenvalue weighted by Crippen LogP contribution is -2.32. The van der Waals surface area contributed by atoms with Crippen LogP contribution in [0, 0.1) is 5.82 Å². The van der Waals surface area contributed by atoms with Crippen LogP contribution in [0.5, 0.6) is 5.75 Å². The number of hydrogen-bond acceptors (Lipinski definition) is 3. The highest BCUT2D eigenvalue weighted by atomic mass is 19.1. The van der Waals surface area contributed by atoms with Gasteiger partial charge < -0.3 is 4.74 Å². The van der Waals surface area contributed by atoms with Crippen molar-refractivity contribution in [1.82, 2.24) is 5.43 Å². The van der Waals surface area contributed by atoms with E-state index >= 15 is 0 Å². The summed E-state index contributed by atoms with van der Waals surface area (Å²) in [6.45, 7) is 0. The molecule has 2 aromatic carbocycles. The van der Waals surface area contributed by atoms with Crippen molar-refractivity contribution in [2.24, 2.45) is 5.84 Å². The molecule has 0 saturated carbocycles. The van der Waals surface area contributed by atoms with Crippen LogP contribution in [0.4, 0.5) is 4.39 Å². The van der Waals surface area contributed by atoms with E-state index in [2.05, 4.69) is 17.6 Å².